The van der Waals surface area contributed by atoms with Gasteiger partial charge in [0.2, 0.25) is 0 Å². The number of amidine groups is 1. The van der Waals surface area contributed by atoms with Crippen LogP contribution in [0.15, 0.2) is 41.8 Å². The van der Waals surface area contributed by atoms with Gasteiger partial charge in [-0.1, -0.05) is 28.4 Å². The van der Waals surface area contributed by atoms with Gasteiger partial charge >= 0.3 is 0 Å². The first-order valence-corrected chi connectivity index (χ1v) is 5.91. The molecular weight excluding hydrogens is 289 g/mol. The van der Waals surface area contributed by atoms with Crippen molar-refractivity contribution < 1.29 is 9.94 Å². The third-order valence-corrected chi connectivity index (χ3v) is 2.68. The largest absolute Gasteiger partial charge is 0.455 e. The van der Waals surface area contributed by atoms with Gasteiger partial charge in [-0.15, -0.1) is 0 Å². The second-order valence-electron chi connectivity index (χ2n) is 3.57. The van der Waals surface area contributed by atoms with Crippen LogP contribution in [0.25, 0.3) is 0 Å². The number of halogens is 2. The van der Waals surface area contributed by atoms with Gasteiger partial charge in [-0.25, -0.2) is 0 Å². The van der Waals surface area contributed by atoms with Crippen molar-refractivity contribution in [3.05, 3.63) is 52.3 Å². The second kappa shape index (κ2) is 5.77. The Labute approximate surface area is 119 Å². The molecule has 0 unspecified atom stereocenters. The van der Waals surface area contributed by atoms with E-state index in [0.29, 0.717) is 27.1 Å². The highest BCUT2D eigenvalue weighted by Gasteiger charge is 2.10. The quantitative estimate of drug-likeness (QED) is 0.394. The maximum Gasteiger partial charge on any atom is 0.173 e. The predicted octanol–water partition coefficient (Wildman–Crippen LogP) is 3.28. The molecule has 0 atom stereocenters. The molecule has 0 saturated carbocycles. The van der Waals surface area contributed by atoms with Crippen molar-refractivity contribution in [3.8, 4) is 11.5 Å². The molecule has 2 aromatic rings. The fourth-order valence-electron chi connectivity index (χ4n) is 1.42. The Kier molecular flexibility index (Phi) is 4.09. The summed E-state index contributed by atoms with van der Waals surface area (Å²) < 4.78 is 5.59. The van der Waals surface area contributed by atoms with Crippen LogP contribution in [0, 0.1) is 0 Å². The molecule has 1 aromatic heterocycles. The van der Waals surface area contributed by atoms with Gasteiger partial charge in [0, 0.05) is 23.4 Å². The molecule has 2 rings (SSSR count). The average molecular weight is 298 g/mol. The Hall–Kier alpha value is -1.98. The minimum atomic E-state index is -0.0818. The number of hydrogen-bond acceptors (Lipinski definition) is 4. The molecule has 5 nitrogen and oxygen atoms in total. The van der Waals surface area contributed by atoms with Gasteiger partial charge < -0.3 is 15.7 Å². The highest BCUT2D eigenvalue weighted by molar-refractivity contribution is 6.31. The summed E-state index contributed by atoms with van der Waals surface area (Å²) in [5.41, 5.74) is 5.97. The molecule has 98 valence electrons. The Morgan fingerprint density at radius 2 is 2.00 bits per heavy atom. The van der Waals surface area contributed by atoms with E-state index < -0.39 is 0 Å². The van der Waals surface area contributed by atoms with Crippen LogP contribution in [0.1, 0.15) is 5.56 Å². The minimum absolute atomic E-state index is 0.0818. The van der Waals surface area contributed by atoms with Gasteiger partial charge in [0.15, 0.2) is 5.84 Å². The summed E-state index contributed by atoms with van der Waals surface area (Å²) in [5, 5.41) is 12.6. The van der Waals surface area contributed by atoms with E-state index in [4.69, 9.17) is 38.9 Å². The fourth-order valence-corrected chi connectivity index (χ4v) is 1.75. The monoisotopic (exact) mass is 297 g/mol. The number of benzene rings is 1. The number of aromatic nitrogens is 1. The molecule has 0 bridgehead atoms. The molecule has 0 spiro atoms. The molecule has 1 heterocycles. The summed E-state index contributed by atoms with van der Waals surface area (Å²) in [4.78, 5) is 3.90. The fraction of sp³-hybridized carbons (Fsp3) is 0. The zero-order chi connectivity index (χ0) is 13.8. The number of rotatable bonds is 3. The molecule has 0 saturated heterocycles. The number of oxime groups is 1. The molecule has 0 amide bonds. The second-order valence-corrected chi connectivity index (χ2v) is 4.44. The number of pyridine rings is 1. The molecule has 19 heavy (non-hydrogen) atoms. The lowest BCUT2D eigenvalue weighted by Crippen LogP contribution is -2.14. The topological polar surface area (TPSA) is 80.7 Å². The third-order valence-electron chi connectivity index (χ3n) is 2.23. The third kappa shape index (κ3) is 3.27. The van der Waals surface area contributed by atoms with Gasteiger partial charge in [0.05, 0.1) is 16.8 Å². The SMILES string of the molecule is NC(=NO)c1ccc(Cl)cc1Oc1cncc(Cl)c1. The van der Waals surface area contributed by atoms with E-state index in [-0.39, 0.29) is 5.84 Å². The van der Waals surface area contributed by atoms with E-state index in [2.05, 4.69) is 10.1 Å². The average Bonchev–Trinajstić information content (AvgIpc) is 2.38. The summed E-state index contributed by atoms with van der Waals surface area (Å²) in [6, 6.07) is 6.34. The summed E-state index contributed by atoms with van der Waals surface area (Å²) in [7, 11) is 0. The number of nitrogens with two attached hydrogens (primary N) is 1. The van der Waals surface area contributed by atoms with Crippen LogP contribution >= 0.6 is 23.2 Å². The molecule has 7 heteroatoms. The van der Waals surface area contributed by atoms with Crippen LogP contribution < -0.4 is 10.5 Å². The highest BCUT2D eigenvalue weighted by Crippen LogP contribution is 2.29. The van der Waals surface area contributed by atoms with Crippen LogP contribution in [0.4, 0.5) is 0 Å². The van der Waals surface area contributed by atoms with Gasteiger partial charge in [-0.05, 0) is 12.1 Å². The predicted molar refractivity (Wildman–Crippen MR) is 73.3 cm³/mol. The van der Waals surface area contributed by atoms with Crippen molar-refractivity contribution in [3.63, 3.8) is 0 Å². The van der Waals surface area contributed by atoms with Crippen LogP contribution in [-0.2, 0) is 0 Å². The summed E-state index contributed by atoms with van der Waals surface area (Å²) in [6.07, 6.45) is 2.97. The number of hydrogen-bond donors (Lipinski definition) is 2. The van der Waals surface area contributed by atoms with Gasteiger partial charge in [0.1, 0.15) is 11.5 Å². The van der Waals surface area contributed by atoms with Crippen molar-refractivity contribution in [2.45, 2.75) is 0 Å². The Morgan fingerprint density at radius 3 is 2.68 bits per heavy atom. The lowest BCUT2D eigenvalue weighted by molar-refractivity contribution is 0.318. The maximum atomic E-state index is 8.73. The first kappa shape index (κ1) is 13.5. The smallest absolute Gasteiger partial charge is 0.173 e. The van der Waals surface area contributed by atoms with E-state index in [1.807, 2.05) is 0 Å². The minimum Gasteiger partial charge on any atom is -0.455 e. The first-order valence-electron chi connectivity index (χ1n) is 5.16. The summed E-state index contributed by atoms with van der Waals surface area (Å²) in [5.74, 6) is 0.676. The van der Waals surface area contributed by atoms with Crippen molar-refractivity contribution in [1.82, 2.24) is 4.98 Å². The lowest BCUT2D eigenvalue weighted by Gasteiger charge is -2.10. The van der Waals surface area contributed by atoms with E-state index >= 15 is 0 Å². The van der Waals surface area contributed by atoms with Crippen LogP contribution in [0.3, 0.4) is 0 Å². The molecule has 0 aliphatic rings. The Bertz CT molecular complexity index is 632. The van der Waals surface area contributed by atoms with Gasteiger partial charge in [0.25, 0.3) is 0 Å². The van der Waals surface area contributed by atoms with Crippen LogP contribution in [-0.4, -0.2) is 16.0 Å². The lowest BCUT2D eigenvalue weighted by atomic mass is 10.2. The molecule has 0 aliphatic carbocycles. The molecule has 0 aliphatic heterocycles. The highest BCUT2D eigenvalue weighted by atomic mass is 35.5. The van der Waals surface area contributed by atoms with E-state index in [1.165, 1.54) is 12.4 Å². The van der Waals surface area contributed by atoms with E-state index in [0.717, 1.165) is 0 Å². The maximum absolute atomic E-state index is 8.73. The summed E-state index contributed by atoms with van der Waals surface area (Å²) >= 11 is 11.7. The standard InChI is InChI=1S/C12H9Cl2N3O2/c13-7-1-2-10(12(15)17-18)11(4-7)19-9-3-8(14)5-16-6-9/h1-6,18H,(H2,15,17). The van der Waals surface area contributed by atoms with Crippen molar-refractivity contribution in [1.29, 1.82) is 0 Å². The molecule has 0 fully saturated rings. The van der Waals surface area contributed by atoms with Gasteiger partial charge in [-0.3, -0.25) is 4.98 Å². The number of nitrogens with zero attached hydrogens (tertiary/aromatic N) is 2. The zero-order valence-electron chi connectivity index (χ0n) is 9.55. The Balaban J connectivity index is 2.41. The first-order chi connectivity index (χ1) is 9.10. The van der Waals surface area contributed by atoms with Crippen molar-refractivity contribution in [2.75, 3.05) is 0 Å². The van der Waals surface area contributed by atoms with E-state index in [1.54, 1.807) is 24.3 Å². The molecule has 0 radical (unpaired) electrons. The summed E-state index contributed by atoms with van der Waals surface area (Å²) in [6.45, 7) is 0. The number of ether oxygens (including phenoxy) is 1. The Morgan fingerprint density at radius 1 is 1.21 bits per heavy atom. The zero-order valence-corrected chi connectivity index (χ0v) is 11.1. The molecule has 3 N–H and O–H groups in total. The van der Waals surface area contributed by atoms with Gasteiger partial charge in [-0.2, -0.15) is 0 Å². The van der Waals surface area contributed by atoms with E-state index in [9.17, 15) is 0 Å². The molecular formula is C12H9Cl2N3O2. The van der Waals surface area contributed by atoms with Crippen LogP contribution in [0.2, 0.25) is 10.0 Å². The van der Waals surface area contributed by atoms with Crippen molar-refractivity contribution >= 4 is 29.0 Å². The molecule has 1 aromatic carbocycles. The normalized spacial score (nSPS) is 11.4. The van der Waals surface area contributed by atoms with Crippen LogP contribution in [0.5, 0.6) is 11.5 Å². The van der Waals surface area contributed by atoms with Crippen molar-refractivity contribution in [2.24, 2.45) is 10.9 Å².